The number of para-hydroxylation sites is 3. The molecule has 0 aliphatic heterocycles. The molecule has 0 atom stereocenters. The monoisotopic (exact) mass is 523 g/mol. The van der Waals surface area contributed by atoms with Crippen molar-refractivity contribution in [2.24, 2.45) is 5.92 Å². The molecule has 3 N–H and O–H groups in total. The van der Waals surface area contributed by atoms with Gasteiger partial charge in [0.15, 0.2) is 11.6 Å². The molecular formula is C26H29N5O5S. The molecule has 3 aromatic carbocycles. The zero-order valence-electron chi connectivity index (χ0n) is 21.0. The first-order valence-electron chi connectivity index (χ1n) is 11.6. The molecule has 0 aliphatic rings. The van der Waals surface area contributed by atoms with Crippen LogP contribution in [0.3, 0.4) is 0 Å². The molecule has 0 fully saturated rings. The fourth-order valence-electron chi connectivity index (χ4n) is 3.43. The number of hydrogen-bond donors (Lipinski definition) is 3. The number of hydrogen-bond acceptors (Lipinski definition) is 9. The van der Waals surface area contributed by atoms with Crippen LogP contribution in [0.25, 0.3) is 11.0 Å². The molecule has 0 bridgehead atoms. The first-order valence-corrected chi connectivity index (χ1v) is 13.0. The normalized spacial score (nSPS) is 11.4. The van der Waals surface area contributed by atoms with Gasteiger partial charge in [-0.1, -0.05) is 38.1 Å². The third-order valence-electron chi connectivity index (χ3n) is 5.19. The largest absolute Gasteiger partial charge is 0.497 e. The Morgan fingerprint density at radius 1 is 0.838 bits per heavy atom. The first kappa shape index (κ1) is 26.0. The standard InChI is InChI=1S/C26H29N5O5S/c1-17(2)16-36-30-23-11-7-8-12-24(23)37(32,33)31-26-25(28-21-9-5-6-10-22(21)29-26)27-18-13-19(34-3)15-20(14-18)35-4/h5-15,17,30H,16H2,1-4H3,(H,27,28)(H,29,31). The molecule has 37 heavy (non-hydrogen) atoms. The molecule has 194 valence electrons. The second-order valence-electron chi connectivity index (χ2n) is 8.54. The van der Waals surface area contributed by atoms with E-state index in [1.165, 1.54) is 6.07 Å². The van der Waals surface area contributed by atoms with Crippen LogP contribution in [0.2, 0.25) is 0 Å². The average molecular weight is 524 g/mol. The maximum absolute atomic E-state index is 13.5. The molecule has 0 aliphatic carbocycles. The number of nitrogens with one attached hydrogen (secondary N) is 3. The smallest absolute Gasteiger partial charge is 0.265 e. The van der Waals surface area contributed by atoms with Crippen LogP contribution in [-0.4, -0.2) is 39.2 Å². The molecule has 0 unspecified atom stereocenters. The van der Waals surface area contributed by atoms with Crippen molar-refractivity contribution >= 4 is 44.1 Å². The van der Waals surface area contributed by atoms with E-state index in [2.05, 4.69) is 25.5 Å². The summed E-state index contributed by atoms with van der Waals surface area (Å²) in [4.78, 5) is 14.6. The van der Waals surface area contributed by atoms with E-state index >= 15 is 0 Å². The fourth-order valence-corrected chi connectivity index (χ4v) is 4.59. The summed E-state index contributed by atoms with van der Waals surface area (Å²) in [5, 5.41) is 3.15. The number of benzene rings is 3. The van der Waals surface area contributed by atoms with E-state index in [0.717, 1.165) is 0 Å². The van der Waals surface area contributed by atoms with Crippen LogP contribution >= 0.6 is 0 Å². The second-order valence-corrected chi connectivity index (χ2v) is 10.2. The number of fused-ring (bicyclic) bond motifs is 1. The molecule has 4 aromatic rings. The Hall–Kier alpha value is -4.09. The highest BCUT2D eigenvalue weighted by Gasteiger charge is 2.22. The summed E-state index contributed by atoms with van der Waals surface area (Å²) in [7, 11) is -0.996. The van der Waals surface area contributed by atoms with Gasteiger partial charge in [-0.3, -0.25) is 15.0 Å². The lowest BCUT2D eigenvalue weighted by Gasteiger charge is -2.17. The summed E-state index contributed by atoms with van der Waals surface area (Å²) in [5.74, 6) is 1.61. The Morgan fingerprint density at radius 3 is 2.05 bits per heavy atom. The highest BCUT2D eigenvalue weighted by Crippen LogP contribution is 2.32. The SMILES string of the molecule is COc1cc(Nc2nc3ccccc3nc2NS(=O)(=O)c2ccccc2NOCC(C)C)cc(OC)c1. The molecule has 0 radical (unpaired) electrons. The van der Waals surface area contributed by atoms with Gasteiger partial charge < -0.3 is 14.8 Å². The van der Waals surface area contributed by atoms with Gasteiger partial charge in [0.25, 0.3) is 10.0 Å². The lowest BCUT2D eigenvalue weighted by atomic mass is 10.2. The Kier molecular flexibility index (Phi) is 7.95. The third-order valence-corrected chi connectivity index (χ3v) is 6.59. The zero-order chi connectivity index (χ0) is 26.4. The van der Waals surface area contributed by atoms with E-state index in [9.17, 15) is 8.42 Å². The van der Waals surface area contributed by atoms with Crippen LogP contribution < -0.4 is 25.0 Å². The van der Waals surface area contributed by atoms with E-state index in [0.29, 0.717) is 40.5 Å². The summed E-state index contributed by atoms with van der Waals surface area (Å²) in [6.07, 6.45) is 0. The molecular weight excluding hydrogens is 494 g/mol. The van der Waals surface area contributed by atoms with Gasteiger partial charge in [-0.25, -0.2) is 18.4 Å². The van der Waals surface area contributed by atoms with Crippen LogP contribution in [0.1, 0.15) is 13.8 Å². The number of methoxy groups -OCH3 is 2. The zero-order valence-corrected chi connectivity index (χ0v) is 21.8. The number of ether oxygens (including phenoxy) is 2. The van der Waals surface area contributed by atoms with Crippen molar-refractivity contribution in [1.29, 1.82) is 0 Å². The number of rotatable bonds is 11. The van der Waals surface area contributed by atoms with Crippen molar-refractivity contribution in [3.63, 3.8) is 0 Å². The van der Waals surface area contributed by atoms with Gasteiger partial charge in [0.2, 0.25) is 0 Å². The topological polar surface area (TPSA) is 124 Å². The number of sulfonamides is 1. The van der Waals surface area contributed by atoms with Crippen molar-refractivity contribution in [3.05, 3.63) is 66.7 Å². The van der Waals surface area contributed by atoms with Crippen LogP contribution in [-0.2, 0) is 14.9 Å². The lowest BCUT2D eigenvalue weighted by Crippen LogP contribution is -2.18. The van der Waals surface area contributed by atoms with Crippen molar-refractivity contribution < 1.29 is 22.7 Å². The Labute approximate surface area is 216 Å². The van der Waals surface area contributed by atoms with Crippen LogP contribution in [0, 0.1) is 5.92 Å². The summed E-state index contributed by atoms with van der Waals surface area (Å²) < 4.78 is 40.3. The van der Waals surface area contributed by atoms with Crippen molar-refractivity contribution in [2.45, 2.75) is 18.7 Å². The van der Waals surface area contributed by atoms with E-state index in [-0.39, 0.29) is 22.4 Å². The van der Waals surface area contributed by atoms with Gasteiger partial charge in [-0.05, 0) is 30.2 Å². The van der Waals surface area contributed by atoms with Crippen LogP contribution in [0.5, 0.6) is 11.5 Å². The fraction of sp³-hybridized carbons (Fsp3) is 0.231. The maximum Gasteiger partial charge on any atom is 0.265 e. The average Bonchev–Trinajstić information content (AvgIpc) is 2.88. The first-order chi connectivity index (χ1) is 17.8. The van der Waals surface area contributed by atoms with Gasteiger partial charge >= 0.3 is 0 Å². The predicted molar refractivity (Wildman–Crippen MR) is 144 cm³/mol. The van der Waals surface area contributed by atoms with Gasteiger partial charge in [-0.2, -0.15) is 0 Å². The van der Waals surface area contributed by atoms with Crippen LogP contribution in [0.4, 0.5) is 23.0 Å². The Balaban J connectivity index is 1.73. The number of anilines is 4. The van der Waals surface area contributed by atoms with Gasteiger partial charge in [0.1, 0.15) is 16.4 Å². The summed E-state index contributed by atoms with van der Waals surface area (Å²) in [6, 6.07) is 18.9. The minimum atomic E-state index is -4.09. The van der Waals surface area contributed by atoms with Crippen molar-refractivity contribution in [3.8, 4) is 11.5 Å². The van der Waals surface area contributed by atoms with Crippen molar-refractivity contribution in [1.82, 2.24) is 9.97 Å². The minimum absolute atomic E-state index is 0.00251. The molecule has 0 spiro atoms. The Bertz CT molecular complexity index is 1470. The molecule has 0 saturated carbocycles. The lowest BCUT2D eigenvalue weighted by molar-refractivity contribution is 0.162. The molecule has 1 aromatic heterocycles. The number of nitrogens with zero attached hydrogens (tertiary/aromatic N) is 2. The van der Waals surface area contributed by atoms with Crippen molar-refractivity contribution in [2.75, 3.05) is 36.3 Å². The highest BCUT2D eigenvalue weighted by atomic mass is 32.2. The highest BCUT2D eigenvalue weighted by molar-refractivity contribution is 7.92. The maximum atomic E-state index is 13.5. The van der Waals surface area contributed by atoms with E-state index in [4.69, 9.17) is 14.3 Å². The van der Waals surface area contributed by atoms with E-state index < -0.39 is 10.0 Å². The third kappa shape index (κ3) is 6.38. The Morgan fingerprint density at radius 2 is 1.43 bits per heavy atom. The number of aromatic nitrogens is 2. The van der Waals surface area contributed by atoms with E-state index in [1.54, 1.807) is 68.8 Å². The van der Waals surface area contributed by atoms with Crippen LogP contribution in [0.15, 0.2) is 71.6 Å². The quantitative estimate of drug-likeness (QED) is 0.228. The van der Waals surface area contributed by atoms with Gasteiger partial charge in [0, 0.05) is 23.9 Å². The van der Waals surface area contributed by atoms with Gasteiger partial charge in [0.05, 0.1) is 37.5 Å². The predicted octanol–water partition coefficient (Wildman–Crippen LogP) is 5.19. The molecule has 11 heteroatoms. The molecule has 4 rings (SSSR count). The molecule has 1 heterocycles. The minimum Gasteiger partial charge on any atom is -0.497 e. The molecule has 0 amide bonds. The summed E-state index contributed by atoms with van der Waals surface area (Å²) in [6.45, 7) is 4.41. The van der Waals surface area contributed by atoms with E-state index in [1.807, 2.05) is 19.9 Å². The molecule has 0 saturated heterocycles. The molecule has 10 nitrogen and oxygen atoms in total. The summed E-state index contributed by atoms with van der Waals surface area (Å²) in [5.41, 5.74) is 4.74. The second kappa shape index (κ2) is 11.3. The van der Waals surface area contributed by atoms with Gasteiger partial charge in [-0.15, -0.1) is 0 Å². The summed E-state index contributed by atoms with van der Waals surface area (Å²) >= 11 is 0.